The topological polar surface area (TPSA) is 96.4 Å². The molecule has 0 radical (unpaired) electrons. The zero-order valence-electron chi connectivity index (χ0n) is 20.4. The Balaban J connectivity index is 2.14. The minimum Gasteiger partial charge on any atom is -0.373 e. The lowest BCUT2D eigenvalue weighted by molar-refractivity contribution is -0.890. The van der Waals surface area contributed by atoms with Gasteiger partial charge in [0.1, 0.15) is 0 Å². The van der Waals surface area contributed by atoms with Gasteiger partial charge in [0.15, 0.2) is 0 Å². The van der Waals surface area contributed by atoms with Gasteiger partial charge in [-0.2, -0.15) is 0 Å². The smallest absolute Gasteiger partial charge is 0.236 e. The van der Waals surface area contributed by atoms with Crippen LogP contribution >= 0.6 is 11.6 Å². The van der Waals surface area contributed by atoms with E-state index in [1.54, 1.807) is 0 Å². The van der Waals surface area contributed by atoms with E-state index in [1.165, 1.54) is 11.3 Å². The van der Waals surface area contributed by atoms with Crippen molar-refractivity contribution in [3.63, 3.8) is 0 Å². The number of rotatable bonds is 18. The van der Waals surface area contributed by atoms with E-state index in [-0.39, 0.29) is 5.91 Å². The van der Waals surface area contributed by atoms with Crippen molar-refractivity contribution in [2.24, 2.45) is 11.5 Å². The first kappa shape index (κ1) is 28.7. The van der Waals surface area contributed by atoms with Crippen LogP contribution in [0, 0.1) is 0 Å². The minimum atomic E-state index is -0.419. The number of amides is 1. The van der Waals surface area contributed by atoms with Crippen LogP contribution in [0.1, 0.15) is 37.7 Å². The lowest BCUT2D eigenvalue weighted by Crippen LogP contribution is -2.45. The Morgan fingerprint density at radius 2 is 1.75 bits per heavy atom. The van der Waals surface area contributed by atoms with Crippen LogP contribution in [0.2, 0.25) is 0 Å². The van der Waals surface area contributed by atoms with Crippen molar-refractivity contribution in [3.05, 3.63) is 29.8 Å². The fraction of sp³-hybridized carbons (Fsp3) is 0.708. The maximum Gasteiger partial charge on any atom is 0.236 e. The van der Waals surface area contributed by atoms with Crippen molar-refractivity contribution < 1.29 is 9.28 Å². The maximum atomic E-state index is 12.0. The SMILES string of the molecule is CN(CCCl)c1ccc(CNCCC[N+](C)(C)CCCNC(=O)C(N)CCCCN)cc1. The molecule has 0 aliphatic rings. The molecule has 1 atom stereocenters. The predicted molar refractivity (Wildman–Crippen MR) is 137 cm³/mol. The molecule has 8 heteroatoms. The minimum absolute atomic E-state index is 0.0461. The zero-order chi connectivity index (χ0) is 23.8. The van der Waals surface area contributed by atoms with Gasteiger partial charge in [0.05, 0.1) is 33.2 Å². The van der Waals surface area contributed by atoms with Crippen molar-refractivity contribution in [1.82, 2.24) is 10.6 Å². The summed E-state index contributed by atoms with van der Waals surface area (Å²) in [4.78, 5) is 14.2. The molecule has 32 heavy (non-hydrogen) atoms. The molecule has 0 heterocycles. The van der Waals surface area contributed by atoms with Gasteiger partial charge < -0.3 is 31.5 Å². The van der Waals surface area contributed by atoms with E-state index in [0.29, 0.717) is 25.4 Å². The number of nitrogens with zero attached hydrogens (tertiary/aromatic N) is 2. The second-order valence-corrected chi connectivity index (χ2v) is 9.60. The molecule has 0 bridgehead atoms. The third-order valence-corrected chi connectivity index (χ3v) is 5.96. The molecule has 0 aromatic heterocycles. The third kappa shape index (κ3) is 12.6. The van der Waals surface area contributed by atoms with Gasteiger partial charge in [0.25, 0.3) is 0 Å². The molecular formula is C24H46ClN6O+. The molecule has 0 saturated carbocycles. The Labute approximate surface area is 200 Å². The van der Waals surface area contributed by atoms with E-state index in [1.807, 2.05) is 0 Å². The number of alkyl halides is 1. The normalized spacial score (nSPS) is 12.6. The Bertz CT molecular complexity index is 625. The van der Waals surface area contributed by atoms with Crippen molar-refractivity contribution in [3.8, 4) is 0 Å². The van der Waals surface area contributed by atoms with Crippen LogP contribution in [0.3, 0.4) is 0 Å². The van der Waals surface area contributed by atoms with E-state index in [9.17, 15) is 4.79 Å². The number of quaternary nitrogens is 1. The van der Waals surface area contributed by atoms with E-state index in [2.05, 4.69) is 60.9 Å². The van der Waals surface area contributed by atoms with E-state index in [4.69, 9.17) is 23.1 Å². The molecule has 1 amide bonds. The van der Waals surface area contributed by atoms with Crippen LogP contribution in [0.4, 0.5) is 5.69 Å². The molecule has 184 valence electrons. The first-order valence-corrected chi connectivity index (χ1v) is 12.4. The third-order valence-electron chi connectivity index (χ3n) is 5.79. The van der Waals surface area contributed by atoms with Crippen molar-refractivity contribution >= 4 is 23.2 Å². The molecule has 1 aromatic rings. The Morgan fingerprint density at radius 3 is 2.38 bits per heavy atom. The fourth-order valence-corrected chi connectivity index (χ4v) is 3.84. The van der Waals surface area contributed by atoms with Gasteiger partial charge in [-0.1, -0.05) is 18.6 Å². The summed E-state index contributed by atoms with van der Waals surface area (Å²) in [7, 11) is 6.55. The van der Waals surface area contributed by atoms with Gasteiger partial charge in [0.2, 0.25) is 5.91 Å². The summed E-state index contributed by atoms with van der Waals surface area (Å²) in [6, 6.07) is 8.22. The number of hydrogen-bond donors (Lipinski definition) is 4. The zero-order valence-corrected chi connectivity index (χ0v) is 21.2. The van der Waals surface area contributed by atoms with Crippen LogP contribution in [-0.2, 0) is 11.3 Å². The van der Waals surface area contributed by atoms with Gasteiger partial charge in [0, 0.05) is 57.6 Å². The largest absolute Gasteiger partial charge is 0.373 e. The van der Waals surface area contributed by atoms with Gasteiger partial charge >= 0.3 is 0 Å². The maximum absolute atomic E-state index is 12.0. The molecule has 1 unspecified atom stereocenters. The number of carbonyl (C=O) groups excluding carboxylic acids is 1. The highest BCUT2D eigenvalue weighted by molar-refractivity contribution is 6.18. The van der Waals surface area contributed by atoms with Gasteiger partial charge in [-0.3, -0.25) is 4.79 Å². The first-order chi connectivity index (χ1) is 15.3. The van der Waals surface area contributed by atoms with Crippen LogP contribution in [0.15, 0.2) is 24.3 Å². The standard InChI is InChI=1S/C24H45ClN6O/c1-30(17-13-25)22-11-9-21(10-12-22)20-28-15-6-18-31(2,3)19-7-16-29-24(32)23(27)8-4-5-14-26/h9-12,23,28H,4-8,13-20,26-27H2,1-3H3/p+1. The molecule has 1 rings (SSSR count). The number of nitrogens with two attached hydrogens (primary N) is 2. The first-order valence-electron chi connectivity index (χ1n) is 11.9. The number of unbranched alkanes of at least 4 members (excludes halogenated alkanes) is 1. The molecular weight excluding hydrogens is 424 g/mol. The molecule has 0 aliphatic heterocycles. The second kappa shape index (κ2) is 16.3. The summed E-state index contributed by atoms with van der Waals surface area (Å²) in [6.07, 6.45) is 4.58. The highest BCUT2D eigenvalue weighted by atomic mass is 35.5. The monoisotopic (exact) mass is 469 g/mol. The molecule has 0 spiro atoms. The molecule has 0 aliphatic carbocycles. The number of benzene rings is 1. The summed E-state index contributed by atoms with van der Waals surface area (Å²) in [5.74, 6) is 0.586. The Kier molecular flexibility index (Phi) is 14.6. The molecule has 7 nitrogen and oxygen atoms in total. The lowest BCUT2D eigenvalue weighted by atomic mass is 10.1. The second-order valence-electron chi connectivity index (χ2n) is 9.23. The van der Waals surface area contributed by atoms with E-state index >= 15 is 0 Å². The van der Waals surface area contributed by atoms with Crippen LogP contribution in [-0.4, -0.2) is 82.7 Å². The predicted octanol–water partition coefficient (Wildman–Crippen LogP) is 1.88. The molecule has 0 saturated heterocycles. The number of carbonyl (C=O) groups is 1. The van der Waals surface area contributed by atoms with Crippen LogP contribution in [0.5, 0.6) is 0 Å². The highest BCUT2D eigenvalue weighted by Gasteiger charge is 2.16. The average Bonchev–Trinajstić information content (AvgIpc) is 2.77. The molecule has 0 fully saturated rings. The highest BCUT2D eigenvalue weighted by Crippen LogP contribution is 2.13. The van der Waals surface area contributed by atoms with Crippen LogP contribution < -0.4 is 27.0 Å². The summed E-state index contributed by atoms with van der Waals surface area (Å²) < 4.78 is 0.946. The summed E-state index contributed by atoms with van der Waals surface area (Å²) in [5.41, 5.74) is 13.9. The molecule has 1 aromatic carbocycles. The van der Waals surface area contributed by atoms with E-state index in [0.717, 1.165) is 62.9 Å². The van der Waals surface area contributed by atoms with Crippen LogP contribution in [0.25, 0.3) is 0 Å². The van der Waals surface area contributed by atoms with E-state index < -0.39 is 6.04 Å². The number of nitrogens with one attached hydrogen (secondary N) is 2. The van der Waals surface area contributed by atoms with Crippen molar-refractivity contribution in [2.45, 2.75) is 44.7 Å². The summed E-state index contributed by atoms with van der Waals surface area (Å²) in [6.45, 7) is 6.18. The van der Waals surface area contributed by atoms with Crippen molar-refractivity contribution in [1.29, 1.82) is 0 Å². The summed E-state index contributed by atoms with van der Waals surface area (Å²) in [5, 5.41) is 6.51. The Morgan fingerprint density at radius 1 is 1.09 bits per heavy atom. The number of hydrogen-bond acceptors (Lipinski definition) is 5. The number of halogens is 1. The van der Waals surface area contributed by atoms with Gasteiger partial charge in [-0.25, -0.2) is 0 Å². The quantitative estimate of drug-likeness (QED) is 0.149. The van der Waals surface area contributed by atoms with Gasteiger partial charge in [-0.05, 0) is 37.1 Å². The Hall–Kier alpha value is -1.38. The van der Waals surface area contributed by atoms with Gasteiger partial charge in [-0.15, -0.1) is 11.6 Å². The molecule has 6 N–H and O–H groups in total. The van der Waals surface area contributed by atoms with Crippen molar-refractivity contribution in [2.75, 3.05) is 71.2 Å². The average molecular weight is 470 g/mol. The fourth-order valence-electron chi connectivity index (χ4n) is 3.59. The number of anilines is 1. The summed E-state index contributed by atoms with van der Waals surface area (Å²) >= 11 is 5.81. The lowest BCUT2D eigenvalue weighted by Gasteiger charge is -2.30.